The molecule has 1 heterocycles. The van der Waals surface area contributed by atoms with Crippen LogP contribution in [0.1, 0.15) is 0 Å². The van der Waals surface area contributed by atoms with Crippen molar-refractivity contribution in [1.29, 1.82) is 0 Å². The van der Waals surface area contributed by atoms with Crippen molar-refractivity contribution >= 4 is 22.5 Å². The van der Waals surface area contributed by atoms with Gasteiger partial charge in [0, 0.05) is 21.5 Å². The third kappa shape index (κ3) is 1.77. The van der Waals surface area contributed by atoms with E-state index in [1.54, 1.807) is 12.1 Å². The maximum Gasteiger partial charge on any atom is 0.124 e. The molecule has 0 aliphatic rings. The van der Waals surface area contributed by atoms with E-state index in [4.69, 9.17) is 11.6 Å². The second kappa shape index (κ2) is 3.82. The molecule has 0 atom stereocenters. The monoisotopic (exact) mass is 243 g/mol. The minimum Gasteiger partial charge on any atom is -0.507 e. The molecule has 0 radical (unpaired) electrons. The van der Waals surface area contributed by atoms with Gasteiger partial charge in [-0.15, -0.1) is 0 Å². The first-order valence-electron chi connectivity index (χ1n) is 5.31. The van der Waals surface area contributed by atoms with E-state index < -0.39 is 0 Å². The highest BCUT2D eigenvalue weighted by atomic mass is 35.5. The molecule has 0 unspecified atom stereocenters. The van der Waals surface area contributed by atoms with E-state index in [-0.39, 0.29) is 5.75 Å². The first kappa shape index (κ1) is 10.2. The van der Waals surface area contributed by atoms with Crippen molar-refractivity contribution in [1.82, 2.24) is 4.98 Å². The third-order valence-corrected chi connectivity index (χ3v) is 3.01. The lowest BCUT2D eigenvalue weighted by Gasteiger charge is -2.00. The zero-order valence-electron chi connectivity index (χ0n) is 8.94. The largest absolute Gasteiger partial charge is 0.507 e. The highest BCUT2D eigenvalue weighted by Crippen LogP contribution is 2.31. The summed E-state index contributed by atoms with van der Waals surface area (Å²) in [6.45, 7) is 0. The van der Waals surface area contributed by atoms with Crippen molar-refractivity contribution in [2.45, 2.75) is 0 Å². The Morgan fingerprint density at radius 1 is 1.00 bits per heavy atom. The van der Waals surface area contributed by atoms with Gasteiger partial charge in [0.05, 0.1) is 5.69 Å². The lowest BCUT2D eigenvalue weighted by Crippen LogP contribution is -1.77. The molecular weight excluding hydrogens is 234 g/mol. The maximum absolute atomic E-state index is 9.80. The van der Waals surface area contributed by atoms with Crippen LogP contribution in [0.15, 0.2) is 48.5 Å². The first-order chi connectivity index (χ1) is 8.24. The summed E-state index contributed by atoms with van der Waals surface area (Å²) in [4.78, 5) is 3.26. The Morgan fingerprint density at radius 3 is 2.65 bits per heavy atom. The quantitative estimate of drug-likeness (QED) is 0.660. The van der Waals surface area contributed by atoms with Gasteiger partial charge in [0.1, 0.15) is 5.75 Å². The predicted octanol–water partition coefficient (Wildman–Crippen LogP) is 4.19. The lowest BCUT2D eigenvalue weighted by atomic mass is 10.1. The van der Waals surface area contributed by atoms with Crippen molar-refractivity contribution in [2.24, 2.45) is 0 Å². The molecule has 3 aromatic rings. The van der Waals surface area contributed by atoms with Gasteiger partial charge in [-0.25, -0.2) is 0 Å². The van der Waals surface area contributed by atoms with Gasteiger partial charge in [0.25, 0.3) is 0 Å². The van der Waals surface area contributed by atoms with Gasteiger partial charge in [-0.2, -0.15) is 0 Å². The number of phenols is 1. The maximum atomic E-state index is 9.80. The molecule has 3 heteroatoms. The number of aromatic amines is 1. The van der Waals surface area contributed by atoms with Crippen molar-refractivity contribution in [2.75, 3.05) is 0 Å². The van der Waals surface area contributed by atoms with Gasteiger partial charge in [0.15, 0.2) is 0 Å². The number of aromatic nitrogens is 1. The number of hydrogen-bond acceptors (Lipinski definition) is 1. The zero-order chi connectivity index (χ0) is 11.8. The molecule has 0 bridgehead atoms. The van der Waals surface area contributed by atoms with Crippen molar-refractivity contribution in [3.05, 3.63) is 53.6 Å². The van der Waals surface area contributed by atoms with Gasteiger partial charge in [-0.3, -0.25) is 0 Å². The molecule has 0 aliphatic heterocycles. The molecule has 0 spiro atoms. The van der Waals surface area contributed by atoms with Gasteiger partial charge < -0.3 is 10.1 Å². The molecule has 0 amide bonds. The van der Waals surface area contributed by atoms with Crippen LogP contribution in [-0.2, 0) is 0 Å². The molecule has 2 nitrogen and oxygen atoms in total. The number of rotatable bonds is 1. The van der Waals surface area contributed by atoms with Crippen LogP contribution < -0.4 is 0 Å². The van der Waals surface area contributed by atoms with Crippen LogP contribution >= 0.6 is 11.6 Å². The fraction of sp³-hybridized carbons (Fsp3) is 0. The number of hydrogen-bond donors (Lipinski definition) is 2. The molecule has 84 valence electrons. The van der Waals surface area contributed by atoms with Crippen molar-refractivity contribution < 1.29 is 5.11 Å². The van der Waals surface area contributed by atoms with Crippen LogP contribution in [-0.4, -0.2) is 10.1 Å². The van der Waals surface area contributed by atoms with E-state index in [0.29, 0.717) is 5.02 Å². The van der Waals surface area contributed by atoms with Crippen molar-refractivity contribution in [3.8, 4) is 17.0 Å². The smallest absolute Gasteiger partial charge is 0.124 e. The summed E-state index contributed by atoms with van der Waals surface area (Å²) in [7, 11) is 0. The number of phenolic OH excluding ortho intramolecular Hbond substituents is 1. The Hall–Kier alpha value is -1.93. The minimum atomic E-state index is 0.269. The average Bonchev–Trinajstić information content (AvgIpc) is 2.72. The molecule has 2 N–H and O–H groups in total. The van der Waals surface area contributed by atoms with E-state index >= 15 is 0 Å². The standard InChI is InChI=1S/C14H10ClNO/c15-10-5-6-12-9(7-10)8-13(16-12)11-3-1-2-4-14(11)17/h1-8,16-17H. The van der Waals surface area contributed by atoms with Crippen LogP contribution in [0.4, 0.5) is 0 Å². The number of aromatic hydroxyl groups is 1. The molecule has 1 aromatic heterocycles. The molecule has 0 aliphatic carbocycles. The highest BCUT2D eigenvalue weighted by molar-refractivity contribution is 6.31. The van der Waals surface area contributed by atoms with Gasteiger partial charge >= 0.3 is 0 Å². The number of para-hydroxylation sites is 1. The van der Waals surface area contributed by atoms with Crippen LogP contribution in [0, 0.1) is 0 Å². The number of benzene rings is 2. The molecule has 0 saturated heterocycles. The second-order valence-corrected chi connectivity index (χ2v) is 4.37. The number of nitrogens with one attached hydrogen (secondary N) is 1. The number of halogens is 1. The summed E-state index contributed by atoms with van der Waals surface area (Å²) >= 11 is 5.94. The number of H-pyrrole nitrogens is 1. The van der Waals surface area contributed by atoms with Crippen LogP contribution in [0.2, 0.25) is 5.02 Å². The van der Waals surface area contributed by atoms with Crippen molar-refractivity contribution in [3.63, 3.8) is 0 Å². The lowest BCUT2D eigenvalue weighted by molar-refractivity contribution is 0.477. The third-order valence-electron chi connectivity index (χ3n) is 2.78. The molecule has 3 rings (SSSR count). The molecular formula is C14H10ClNO. The van der Waals surface area contributed by atoms with Gasteiger partial charge in [-0.05, 0) is 36.4 Å². The van der Waals surface area contributed by atoms with E-state index in [1.807, 2.05) is 36.4 Å². The minimum absolute atomic E-state index is 0.269. The normalized spacial score (nSPS) is 10.9. The average molecular weight is 244 g/mol. The van der Waals surface area contributed by atoms with E-state index in [0.717, 1.165) is 22.2 Å². The summed E-state index contributed by atoms with van der Waals surface area (Å²) in [5.41, 5.74) is 2.69. The molecule has 17 heavy (non-hydrogen) atoms. The van der Waals surface area contributed by atoms with Crippen LogP contribution in [0.3, 0.4) is 0 Å². The topological polar surface area (TPSA) is 36.0 Å². The molecule has 0 fully saturated rings. The summed E-state index contributed by atoms with van der Waals surface area (Å²) in [5, 5.41) is 11.5. The second-order valence-electron chi connectivity index (χ2n) is 3.93. The SMILES string of the molecule is Oc1ccccc1-c1cc2cc(Cl)ccc2[nH]1. The Bertz CT molecular complexity index is 688. The Kier molecular flexibility index (Phi) is 2.30. The van der Waals surface area contributed by atoms with Crippen LogP contribution in [0.25, 0.3) is 22.2 Å². The Balaban J connectivity index is 2.22. The van der Waals surface area contributed by atoms with E-state index in [9.17, 15) is 5.11 Å². The summed E-state index contributed by atoms with van der Waals surface area (Å²) < 4.78 is 0. The van der Waals surface area contributed by atoms with E-state index in [2.05, 4.69) is 4.98 Å². The van der Waals surface area contributed by atoms with E-state index in [1.165, 1.54) is 0 Å². The summed E-state index contributed by atoms with van der Waals surface area (Å²) in [6.07, 6.45) is 0. The summed E-state index contributed by atoms with van der Waals surface area (Å²) in [6, 6.07) is 14.9. The zero-order valence-corrected chi connectivity index (χ0v) is 9.70. The Morgan fingerprint density at radius 2 is 1.82 bits per heavy atom. The van der Waals surface area contributed by atoms with Gasteiger partial charge in [-0.1, -0.05) is 23.7 Å². The number of fused-ring (bicyclic) bond motifs is 1. The van der Waals surface area contributed by atoms with Crippen LogP contribution in [0.5, 0.6) is 5.75 Å². The van der Waals surface area contributed by atoms with Gasteiger partial charge in [0.2, 0.25) is 0 Å². The highest BCUT2D eigenvalue weighted by Gasteiger charge is 2.06. The molecule has 0 saturated carbocycles. The Labute approximate surface area is 103 Å². The predicted molar refractivity (Wildman–Crippen MR) is 70.4 cm³/mol. The molecule has 2 aromatic carbocycles. The first-order valence-corrected chi connectivity index (χ1v) is 5.68. The fourth-order valence-electron chi connectivity index (χ4n) is 1.95. The fourth-order valence-corrected chi connectivity index (χ4v) is 2.13. The summed E-state index contributed by atoms with van der Waals surface area (Å²) in [5.74, 6) is 0.269.